The van der Waals surface area contributed by atoms with E-state index < -0.39 is 30.9 Å². The van der Waals surface area contributed by atoms with Gasteiger partial charge in [0.15, 0.2) is 0 Å². The van der Waals surface area contributed by atoms with E-state index in [4.69, 9.17) is 0 Å². The second-order valence-corrected chi connectivity index (χ2v) is 7.96. The maximum absolute atomic E-state index is 12.7. The minimum atomic E-state index is -5.66. The molecule has 0 saturated carbocycles. The number of rotatable bonds is 4. The van der Waals surface area contributed by atoms with Crippen molar-refractivity contribution >= 4 is 27.0 Å². The van der Waals surface area contributed by atoms with Gasteiger partial charge < -0.3 is 9.80 Å². The van der Waals surface area contributed by atoms with Crippen LogP contribution in [0.4, 0.5) is 30.4 Å². The predicted octanol–water partition coefficient (Wildman–Crippen LogP) is 2.61. The van der Waals surface area contributed by atoms with E-state index in [2.05, 4.69) is 4.98 Å². The number of nitrogens with zero attached hydrogens (tertiary/aromatic N) is 4. The van der Waals surface area contributed by atoms with Crippen molar-refractivity contribution in [2.45, 2.75) is 10.4 Å². The highest BCUT2D eigenvalue weighted by atomic mass is 32.2. The molecule has 3 rings (SSSR count). The first-order valence-corrected chi connectivity index (χ1v) is 9.60. The van der Waals surface area contributed by atoms with Crippen LogP contribution in [-0.4, -0.2) is 50.0 Å². The Bertz CT molecular complexity index is 975. The molecule has 0 radical (unpaired) electrons. The lowest BCUT2D eigenvalue weighted by molar-refractivity contribution is -0.384. The van der Waals surface area contributed by atoms with Crippen LogP contribution in [0.3, 0.4) is 0 Å². The largest absolute Gasteiger partial charge is 0.501 e. The molecule has 0 N–H and O–H groups in total. The molecule has 1 aromatic carbocycles. The number of aromatic nitrogens is 1. The Morgan fingerprint density at radius 1 is 1.04 bits per heavy atom. The number of nitro groups is 1. The van der Waals surface area contributed by atoms with Crippen LogP contribution in [0.2, 0.25) is 0 Å². The Balaban J connectivity index is 1.86. The number of halogens is 3. The highest BCUT2D eigenvalue weighted by Gasteiger charge is 2.47. The Hall–Kier alpha value is -2.89. The number of piperazine rings is 1. The van der Waals surface area contributed by atoms with E-state index in [-0.39, 0.29) is 5.69 Å². The summed E-state index contributed by atoms with van der Waals surface area (Å²) in [4.78, 5) is 17.2. The van der Waals surface area contributed by atoms with Crippen molar-refractivity contribution in [2.75, 3.05) is 36.0 Å². The molecule has 1 aliphatic heterocycles. The normalized spacial score (nSPS) is 15.5. The van der Waals surface area contributed by atoms with E-state index in [0.29, 0.717) is 32.2 Å². The smallest absolute Gasteiger partial charge is 0.362 e. The SMILES string of the molecule is O=[N+]([O-])c1cc(S(=O)(=O)C(F)(F)F)ccc1N1CCN(c2ccccn2)CC1. The van der Waals surface area contributed by atoms with Crippen molar-refractivity contribution in [3.05, 3.63) is 52.7 Å². The van der Waals surface area contributed by atoms with Crippen LogP contribution in [0, 0.1) is 10.1 Å². The van der Waals surface area contributed by atoms with Crippen molar-refractivity contribution < 1.29 is 26.5 Å². The van der Waals surface area contributed by atoms with E-state index >= 15 is 0 Å². The first-order valence-electron chi connectivity index (χ1n) is 8.12. The summed E-state index contributed by atoms with van der Waals surface area (Å²) in [7, 11) is -5.66. The van der Waals surface area contributed by atoms with Gasteiger partial charge >= 0.3 is 5.51 Å². The molecular formula is C16H15F3N4O4S. The molecule has 1 aliphatic rings. The van der Waals surface area contributed by atoms with Crippen molar-refractivity contribution in [3.63, 3.8) is 0 Å². The summed E-state index contributed by atoms with van der Waals surface area (Å²) in [5, 5.41) is 11.4. The predicted molar refractivity (Wildman–Crippen MR) is 95.0 cm³/mol. The van der Waals surface area contributed by atoms with E-state index in [1.54, 1.807) is 17.2 Å². The zero-order valence-electron chi connectivity index (χ0n) is 14.3. The van der Waals surface area contributed by atoms with E-state index in [1.807, 2.05) is 17.0 Å². The summed E-state index contributed by atoms with van der Waals surface area (Å²) in [6.07, 6.45) is 1.65. The second kappa shape index (κ2) is 7.26. The first kappa shape index (κ1) is 19.9. The number of hydrogen-bond donors (Lipinski definition) is 0. The zero-order valence-corrected chi connectivity index (χ0v) is 15.2. The molecule has 150 valence electrons. The number of sulfone groups is 1. The lowest BCUT2D eigenvalue weighted by atomic mass is 10.2. The minimum absolute atomic E-state index is 0.0757. The summed E-state index contributed by atoms with van der Waals surface area (Å²) in [5.74, 6) is 0.753. The maximum Gasteiger partial charge on any atom is 0.501 e. The fourth-order valence-electron chi connectivity index (χ4n) is 2.93. The molecule has 1 fully saturated rings. The van der Waals surface area contributed by atoms with Gasteiger partial charge in [-0.05, 0) is 24.3 Å². The van der Waals surface area contributed by atoms with Gasteiger partial charge in [-0.3, -0.25) is 10.1 Å². The number of hydrogen-bond acceptors (Lipinski definition) is 7. The van der Waals surface area contributed by atoms with Crippen LogP contribution in [0.1, 0.15) is 0 Å². The van der Waals surface area contributed by atoms with E-state index in [1.165, 1.54) is 0 Å². The number of alkyl halides is 3. The summed E-state index contributed by atoms with van der Waals surface area (Å²) in [5.41, 5.74) is -6.14. The number of nitro benzene ring substituents is 1. The lowest BCUT2D eigenvalue weighted by Crippen LogP contribution is -2.47. The molecule has 1 aromatic heterocycles. The average Bonchev–Trinajstić information content (AvgIpc) is 2.67. The quantitative estimate of drug-likeness (QED) is 0.558. The summed E-state index contributed by atoms with van der Waals surface area (Å²) < 4.78 is 61.3. The fraction of sp³-hybridized carbons (Fsp3) is 0.312. The van der Waals surface area contributed by atoms with Gasteiger partial charge in [0.2, 0.25) is 0 Å². The second-order valence-electron chi connectivity index (χ2n) is 6.02. The van der Waals surface area contributed by atoms with Gasteiger partial charge in [0.1, 0.15) is 11.5 Å². The van der Waals surface area contributed by atoms with Crippen LogP contribution >= 0.6 is 0 Å². The first-order chi connectivity index (χ1) is 13.1. The average molecular weight is 416 g/mol. The summed E-state index contributed by atoms with van der Waals surface area (Å²) in [6.45, 7) is 1.72. The lowest BCUT2D eigenvalue weighted by Gasteiger charge is -2.36. The van der Waals surface area contributed by atoms with Crippen molar-refractivity contribution in [1.82, 2.24) is 4.98 Å². The van der Waals surface area contributed by atoms with Gasteiger partial charge in [0.05, 0.1) is 9.82 Å². The summed E-state index contributed by atoms with van der Waals surface area (Å²) >= 11 is 0. The highest BCUT2D eigenvalue weighted by Crippen LogP contribution is 2.36. The minimum Gasteiger partial charge on any atom is -0.362 e. The molecule has 12 heteroatoms. The van der Waals surface area contributed by atoms with Crippen LogP contribution in [-0.2, 0) is 9.84 Å². The van der Waals surface area contributed by atoms with Gasteiger partial charge in [0.25, 0.3) is 15.5 Å². The van der Waals surface area contributed by atoms with E-state index in [9.17, 15) is 31.7 Å². The van der Waals surface area contributed by atoms with Crippen LogP contribution in [0.5, 0.6) is 0 Å². The number of anilines is 2. The molecule has 2 heterocycles. The zero-order chi connectivity index (χ0) is 20.5. The molecule has 8 nitrogen and oxygen atoms in total. The molecule has 0 bridgehead atoms. The van der Waals surface area contributed by atoms with Gasteiger partial charge in [0, 0.05) is 38.4 Å². The topological polar surface area (TPSA) is 96.6 Å². The van der Waals surface area contributed by atoms with Crippen LogP contribution < -0.4 is 9.80 Å². The Morgan fingerprint density at radius 3 is 2.21 bits per heavy atom. The van der Waals surface area contributed by atoms with E-state index in [0.717, 1.165) is 18.0 Å². The van der Waals surface area contributed by atoms with Crippen molar-refractivity contribution in [1.29, 1.82) is 0 Å². The van der Waals surface area contributed by atoms with Gasteiger partial charge in [-0.2, -0.15) is 13.2 Å². The maximum atomic E-state index is 12.7. The van der Waals surface area contributed by atoms with Gasteiger partial charge in [-0.1, -0.05) is 6.07 Å². The third-order valence-electron chi connectivity index (χ3n) is 4.35. The highest BCUT2D eigenvalue weighted by molar-refractivity contribution is 7.92. The molecule has 2 aromatic rings. The molecule has 0 atom stereocenters. The molecule has 0 amide bonds. The molecule has 0 aliphatic carbocycles. The Kier molecular flexibility index (Phi) is 5.15. The molecular weight excluding hydrogens is 401 g/mol. The van der Waals surface area contributed by atoms with Gasteiger partial charge in [-0.15, -0.1) is 0 Å². The van der Waals surface area contributed by atoms with Gasteiger partial charge in [-0.25, -0.2) is 13.4 Å². The molecule has 0 spiro atoms. The molecule has 0 unspecified atom stereocenters. The Labute approximate surface area is 158 Å². The van der Waals surface area contributed by atoms with Crippen molar-refractivity contribution in [2.24, 2.45) is 0 Å². The molecule has 1 saturated heterocycles. The fourth-order valence-corrected chi connectivity index (χ4v) is 3.72. The monoisotopic (exact) mass is 416 g/mol. The summed E-state index contributed by atoms with van der Waals surface area (Å²) in [6, 6.07) is 7.70. The standard InChI is InChI=1S/C16H15F3N4O4S/c17-16(18,19)28(26,27)12-4-5-13(14(11-12)23(24)25)21-7-9-22(10-8-21)15-3-1-2-6-20-15/h1-6,11H,7-10H2. The van der Waals surface area contributed by atoms with Crippen LogP contribution in [0.25, 0.3) is 0 Å². The third-order valence-corrected chi connectivity index (χ3v) is 5.84. The molecule has 28 heavy (non-hydrogen) atoms. The number of benzene rings is 1. The van der Waals surface area contributed by atoms with Crippen molar-refractivity contribution in [3.8, 4) is 0 Å². The number of pyridine rings is 1. The Morgan fingerprint density at radius 2 is 1.68 bits per heavy atom. The third kappa shape index (κ3) is 3.72. The van der Waals surface area contributed by atoms with Crippen LogP contribution in [0.15, 0.2) is 47.5 Å².